The second-order valence-electron chi connectivity index (χ2n) is 3.50. The number of carbonyl (C=O) groups excluding carboxylic acids is 1. The standard InChI is InChI=1S/C11H14ClFN2OS.ClH/c1-17-5-4-9(14)11(16)15-10-3-2-7(12)6-8(10)13;/h2-3,6,9H,4-5,14H2,1H3,(H,15,16);1H/t9-;/m0./s1. The molecule has 0 bridgehead atoms. The Hall–Kier alpha value is -0.490. The maximum absolute atomic E-state index is 13.4. The van der Waals surface area contributed by atoms with E-state index in [9.17, 15) is 9.18 Å². The average molecular weight is 313 g/mol. The number of carbonyl (C=O) groups is 1. The van der Waals surface area contributed by atoms with Crippen LogP contribution in [0.15, 0.2) is 18.2 Å². The molecule has 0 spiro atoms. The summed E-state index contributed by atoms with van der Waals surface area (Å²) >= 11 is 7.21. The summed E-state index contributed by atoms with van der Waals surface area (Å²) in [5, 5.41) is 2.72. The van der Waals surface area contributed by atoms with Crippen molar-refractivity contribution in [2.45, 2.75) is 12.5 Å². The second-order valence-corrected chi connectivity index (χ2v) is 4.92. The molecule has 102 valence electrons. The van der Waals surface area contributed by atoms with Crippen LogP contribution in [0.4, 0.5) is 10.1 Å². The number of halogens is 3. The van der Waals surface area contributed by atoms with E-state index in [1.54, 1.807) is 11.8 Å². The van der Waals surface area contributed by atoms with E-state index in [1.165, 1.54) is 12.1 Å². The maximum atomic E-state index is 13.4. The number of rotatable bonds is 5. The van der Waals surface area contributed by atoms with Gasteiger partial charge in [0.15, 0.2) is 0 Å². The molecule has 1 aromatic rings. The van der Waals surface area contributed by atoms with E-state index >= 15 is 0 Å². The highest BCUT2D eigenvalue weighted by atomic mass is 35.5. The lowest BCUT2D eigenvalue weighted by Crippen LogP contribution is -2.36. The Balaban J connectivity index is 0.00000289. The number of hydrogen-bond acceptors (Lipinski definition) is 3. The summed E-state index contributed by atoms with van der Waals surface area (Å²) in [4.78, 5) is 11.6. The van der Waals surface area contributed by atoms with Crippen molar-refractivity contribution in [2.24, 2.45) is 5.73 Å². The largest absolute Gasteiger partial charge is 0.322 e. The first kappa shape index (κ1) is 17.5. The predicted molar refractivity (Wildman–Crippen MR) is 78.3 cm³/mol. The predicted octanol–water partition coefficient (Wildman–Crippen LogP) is 2.92. The lowest BCUT2D eigenvalue weighted by molar-refractivity contribution is -0.117. The molecular formula is C11H15Cl2FN2OS. The second kappa shape index (κ2) is 8.58. The van der Waals surface area contributed by atoms with Crippen LogP contribution in [-0.2, 0) is 4.79 Å². The lowest BCUT2D eigenvalue weighted by Gasteiger charge is -2.12. The molecule has 3 N–H and O–H groups in total. The highest BCUT2D eigenvalue weighted by Gasteiger charge is 2.14. The van der Waals surface area contributed by atoms with Crippen molar-refractivity contribution in [3.8, 4) is 0 Å². The van der Waals surface area contributed by atoms with Gasteiger partial charge in [-0.2, -0.15) is 11.8 Å². The van der Waals surface area contributed by atoms with Crippen molar-refractivity contribution in [1.29, 1.82) is 0 Å². The number of anilines is 1. The molecule has 0 aliphatic rings. The zero-order valence-corrected chi connectivity index (χ0v) is 12.2. The van der Waals surface area contributed by atoms with Gasteiger partial charge in [0.05, 0.1) is 11.7 Å². The summed E-state index contributed by atoms with van der Waals surface area (Å²) in [6.45, 7) is 0. The van der Waals surface area contributed by atoms with Crippen LogP contribution in [0.5, 0.6) is 0 Å². The Morgan fingerprint density at radius 3 is 2.83 bits per heavy atom. The Morgan fingerprint density at radius 1 is 1.61 bits per heavy atom. The highest BCUT2D eigenvalue weighted by molar-refractivity contribution is 7.98. The Labute approximate surface area is 121 Å². The molecule has 18 heavy (non-hydrogen) atoms. The van der Waals surface area contributed by atoms with Crippen LogP contribution in [0.3, 0.4) is 0 Å². The van der Waals surface area contributed by atoms with Gasteiger partial charge in [-0.3, -0.25) is 4.79 Å². The van der Waals surface area contributed by atoms with Gasteiger partial charge in [0.2, 0.25) is 5.91 Å². The van der Waals surface area contributed by atoms with E-state index < -0.39 is 11.9 Å². The van der Waals surface area contributed by atoms with Gasteiger partial charge in [-0.1, -0.05) is 11.6 Å². The molecule has 1 aromatic carbocycles. The van der Waals surface area contributed by atoms with Crippen molar-refractivity contribution >= 4 is 47.4 Å². The molecular weight excluding hydrogens is 298 g/mol. The minimum Gasteiger partial charge on any atom is -0.322 e. The average Bonchev–Trinajstić information content (AvgIpc) is 2.29. The number of thioether (sulfide) groups is 1. The lowest BCUT2D eigenvalue weighted by atomic mass is 10.2. The minimum atomic E-state index is -0.627. The van der Waals surface area contributed by atoms with Crippen molar-refractivity contribution in [1.82, 2.24) is 0 Å². The molecule has 0 fully saturated rings. The molecule has 7 heteroatoms. The summed E-state index contributed by atoms with van der Waals surface area (Å²) < 4.78 is 13.4. The Morgan fingerprint density at radius 2 is 2.28 bits per heavy atom. The van der Waals surface area contributed by atoms with Crippen molar-refractivity contribution in [3.63, 3.8) is 0 Å². The molecule has 0 saturated heterocycles. The summed E-state index contributed by atoms with van der Waals surface area (Å²) in [6.07, 6.45) is 2.49. The van der Waals surface area contributed by atoms with Gasteiger partial charge >= 0.3 is 0 Å². The SMILES string of the molecule is CSCC[C@H](N)C(=O)Nc1ccc(Cl)cc1F.Cl. The third-order valence-electron chi connectivity index (χ3n) is 2.16. The molecule has 0 unspecified atom stereocenters. The van der Waals surface area contributed by atoms with Gasteiger partial charge < -0.3 is 11.1 Å². The van der Waals surface area contributed by atoms with Gasteiger partial charge in [-0.25, -0.2) is 4.39 Å². The van der Waals surface area contributed by atoms with Crippen LogP contribution in [-0.4, -0.2) is 24.0 Å². The third kappa shape index (κ3) is 5.44. The molecule has 0 saturated carbocycles. The summed E-state index contributed by atoms with van der Waals surface area (Å²) in [7, 11) is 0. The number of hydrogen-bond donors (Lipinski definition) is 2. The van der Waals surface area contributed by atoms with Crippen molar-refractivity contribution < 1.29 is 9.18 Å². The maximum Gasteiger partial charge on any atom is 0.241 e. The molecule has 3 nitrogen and oxygen atoms in total. The number of benzene rings is 1. The summed E-state index contributed by atoms with van der Waals surface area (Å²) in [5.41, 5.74) is 5.75. The van der Waals surface area contributed by atoms with Gasteiger partial charge in [0.25, 0.3) is 0 Å². The zero-order chi connectivity index (χ0) is 12.8. The van der Waals surface area contributed by atoms with Crippen LogP contribution in [0.1, 0.15) is 6.42 Å². The van der Waals surface area contributed by atoms with Crippen LogP contribution < -0.4 is 11.1 Å². The van der Waals surface area contributed by atoms with E-state index in [0.29, 0.717) is 6.42 Å². The van der Waals surface area contributed by atoms with Gasteiger partial charge in [0.1, 0.15) is 5.82 Å². The van der Waals surface area contributed by atoms with Crippen LogP contribution >= 0.6 is 35.8 Å². The van der Waals surface area contributed by atoms with Gasteiger partial charge in [-0.15, -0.1) is 12.4 Å². The number of nitrogens with two attached hydrogens (primary N) is 1. The zero-order valence-electron chi connectivity index (χ0n) is 9.78. The number of amides is 1. The molecule has 0 aromatic heterocycles. The smallest absolute Gasteiger partial charge is 0.241 e. The molecule has 0 radical (unpaired) electrons. The van der Waals surface area contributed by atoms with Crippen molar-refractivity contribution in [2.75, 3.05) is 17.3 Å². The molecule has 1 atom stereocenters. The molecule has 1 amide bonds. The molecule has 0 aliphatic heterocycles. The quantitative estimate of drug-likeness (QED) is 0.879. The van der Waals surface area contributed by atoms with Crippen LogP contribution in [0.25, 0.3) is 0 Å². The fourth-order valence-corrected chi connectivity index (χ4v) is 1.84. The van der Waals surface area contributed by atoms with Crippen molar-refractivity contribution in [3.05, 3.63) is 29.0 Å². The summed E-state index contributed by atoms with van der Waals surface area (Å²) in [5.74, 6) is -0.166. The fourth-order valence-electron chi connectivity index (χ4n) is 1.19. The van der Waals surface area contributed by atoms with Gasteiger partial charge in [-0.05, 0) is 36.6 Å². The first-order valence-electron chi connectivity index (χ1n) is 5.05. The highest BCUT2D eigenvalue weighted by Crippen LogP contribution is 2.19. The molecule has 0 heterocycles. The fraction of sp³-hybridized carbons (Fsp3) is 0.364. The van der Waals surface area contributed by atoms with Crippen LogP contribution in [0, 0.1) is 5.82 Å². The van der Waals surface area contributed by atoms with Crippen LogP contribution in [0.2, 0.25) is 5.02 Å². The van der Waals surface area contributed by atoms with E-state index in [-0.39, 0.29) is 29.0 Å². The molecule has 1 rings (SSSR count). The minimum absolute atomic E-state index is 0. The van der Waals surface area contributed by atoms with E-state index in [0.717, 1.165) is 11.8 Å². The van der Waals surface area contributed by atoms with E-state index in [1.807, 2.05) is 6.26 Å². The monoisotopic (exact) mass is 312 g/mol. The topological polar surface area (TPSA) is 55.1 Å². The molecule has 0 aliphatic carbocycles. The van der Waals surface area contributed by atoms with E-state index in [4.69, 9.17) is 17.3 Å². The summed E-state index contributed by atoms with van der Waals surface area (Å²) in [6, 6.07) is 3.44. The van der Waals surface area contributed by atoms with E-state index in [2.05, 4.69) is 5.32 Å². The third-order valence-corrected chi connectivity index (χ3v) is 3.04. The number of nitrogens with one attached hydrogen (secondary N) is 1. The first-order chi connectivity index (χ1) is 8.04. The normalized spacial score (nSPS) is 11.6. The first-order valence-corrected chi connectivity index (χ1v) is 6.82. The Bertz CT molecular complexity index is 407. The van der Waals surface area contributed by atoms with Gasteiger partial charge in [0, 0.05) is 5.02 Å². The Kier molecular flexibility index (Phi) is 8.35.